The molecule has 92 valence electrons. The van der Waals surface area contributed by atoms with Crippen LogP contribution in [-0.4, -0.2) is 47.6 Å². The van der Waals surface area contributed by atoms with Crippen LogP contribution in [0.4, 0.5) is 0 Å². The fourth-order valence-electron chi connectivity index (χ4n) is 2.10. The van der Waals surface area contributed by atoms with Gasteiger partial charge in [0.15, 0.2) is 0 Å². The lowest BCUT2D eigenvalue weighted by molar-refractivity contribution is -0.142. The summed E-state index contributed by atoms with van der Waals surface area (Å²) in [5.74, 6) is -0.583. The van der Waals surface area contributed by atoms with Crippen LogP contribution in [0, 0.1) is 5.92 Å². The van der Waals surface area contributed by atoms with E-state index in [9.17, 15) is 9.59 Å². The van der Waals surface area contributed by atoms with E-state index in [0.717, 1.165) is 25.9 Å². The summed E-state index contributed by atoms with van der Waals surface area (Å²) in [7, 11) is 0. The van der Waals surface area contributed by atoms with E-state index in [1.165, 1.54) is 6.92 Å². The number of carboxylic acid groups (broad SMARTS) is 1. The second kappa shape index (κ2) is 5.84. The van der Waals surface area contributed by atoms with Gasteiger partial charge < -0.3 is 15.3 Å². The van der Waals surface area contributed by atoms with Crippen molar-refractivity contribution in [1.82, 2.24) is 10.2 Å². The third-order valence-electron chi connectivity index (χ3n) is 3.06. The zero-order valence-electron chi connectivity index (χ0n) is 9.90. The van der Waals surface area contributed by atoms with Crippen LogP contribution in [0.1, 0.15) is 26.7 Å². The molecular weight excluding hydrogens is 208 g/mol. The Balaban J connectivity index is 2.43. The standard InChI is InChI=1S/C11H20N2O3/c1-3-9-4-5-13(6-9)7-10(11(15)16)12-8(2)14/h9-10H,3-7H2,1-2H3,(H,12,14)(H,15,16). The Morgan fingerprint density at radius 3 is 2.69 bits per heavy atom. The number of hydrogen-bond acceptors (Lipinski definition) is 3. The van der Waals surface area contributed by atoms with Crippen LogP contribution in [-0.2, 0) is 9.59 Å². The molecule has 0 aromatic carbocycles. The molecule has 0 bridgehead atoms. The Kier molecular flexibility index (Phi) is 4.73. The number of carbonyl (C=O) groups is 2. The highest BCUT2D eigenvalue weighted by molar-refractivity contribution is 5.82. The smallest absolute Gasteiger partial charge is 0.327 e. The Morgan fingerprint density at radius 2 is 2.25 bits per heavy atom. The van der Waals surface area contributed by atoms with E-state index in [0.29, 0.717) is 12.5 Å². The fourth-order valence-corrected chi connectivity index (χ4v) is 2.10. The summed E-state index contributed by atoms with van der Waals surface area (Å²) in [6.07, 6.45) is 2.26. The lowest BCUT2D eigenvalue weighted by Crippen LogP contribution is -2.47. The van der Waals surface area contributed by atoms with E-state index in [1.807, 2.05) is 0 Å². The molecule has 0 radical (unpaired) electrons. The lowest BCUT2D eigenvalue weighted by atomic mass is 10.1. The highest BCUT2D eigenvalue weighted by atomic mass is 16.4. The van der Waals surface area contributed by atoms with Gasteiger partial charge in [-0.2, -0.15) is 0 Å². The molecule has 1 fully saturated rings. The van der Waals surface area contributed by atoms with Crippen molar-refractivity contribution in [3.8, 4) is 0 Å². The second-order valence-corrected chi connectivity index (χ2v) is 4.41. The summed E-state index contributed by atoms with van der Waals surface area (Å²) >= 11 is 0. The average molecular weight is 228 g/mol. The first-order chi connectivity index (χ1) is 7.52. The van der Waals surface area contributed by atoms with Crippen LogP contribution < -0.4 is 5.32 Å². The number of nitrogens with zero attached hydrogens (tertiary/aromatic N) is 1. The molecule has 0 aliphatic carbocycles. The number of carbonyl (C=O) groups excluding carboxylic acids is 1. The number of rotatable bonds is 5. The van der Waals surface area contributed by atoms with Gasteiger partial charge in [-0.3, -0.25) is 4.79 Å². The Labute approximate surface area is 95.8 Å². The van der Waals surface area contributed by atoms with Gasteiger partial charge in [0.1, 0.15) is 6.04 Å². The number of nitrogens with one attached hydrogen (secondary N) is 1. The molecule has 0 aromatic rings. The van der Waals surface area contributed by atoms with Crippen LogP contribution in [0.5, 0.6) is 0 Å². The van der Waals surface area contributed by atoms with Crippen molar-refractivity contribution >= 4 is 11.9 Å². The molecule has 1 heterocycles. The summed E-state index contributed by atoms with van der Waals surface area (Å²) in [6.45, 7) is 5.78. The van der Waals surface area contributed by atoms with Gasteiger partial charge in [0, 0.05) is 20.0 Å². The van der Waals surface area contributed by atoms with Gasteiger partial charge in [-0.1, -0.05) is 13.3 Å². The maximum atomic E-state index is 10.9. The monoisotopic (exact) mass is 228 g/mol. The molecule has 2 N–H and O–H groups in total. The molecule has 1 saturated heterocycles. The Hall–Kier alpha value is -1.10. The maximum absolute atomic E-state index is 10.9. The first-order valence-corrected chi connectivity index (χ1v) is 5.75. The van der Waals surface area contributed by atoms with E-state index in [2.05, 4.69) is 17.1 Å². The first kappa shape index (κ1) is 13.0. The van der Waals surface area contributed by atoms with Crippen molar-refractivity contribution in [1.29, 1.82) is 0 Å². The minimum atomic E-state index is -0.963. The molecule has 0 saturated carbocycles. The molecule has 5 heteroatoms. The molecule has 2 unspecified atom stereocenters. The molecule has 16 heavy (non-hydrogen) atoms. The predicted octanol–water partition coefficient (Wildman–Crippen LogP) is 0.308. The van der Waals surface area contributed by atoms with Crippen molar-refractivity contribution in [2.45, 2.75) is 32.7 Å². The molecule has 1 aliphatic rings. The number of amides is 1. The van der Waals surface area contributed by atoms with Crippen molar-refractivity contribution in [3.05, 3.63) is 0 Å². The first-order valence-electron chi connectivity index (χ1n) is 5.75. The summed E-state index contributed by atoms with van der Waals surface area (Å²) in [4.78, 5) is 23.9. The minimum Gasteiger partial charge on any atom is -0.480 e. The van der Waals surface area contributed by atoms with Crippen LogP contribution in [0.15, 0.2) is 0 Å². The number of carboxylic acids is 1. The zero-order valence-corrected chi connectivity index (χ0v) is 9.90. The normalized spacial score (nSPS) is 23.0. The highest BCUT2D eigenvalue weighted by Crippen LogP contribution is 2.18. The number of hydrogen-bond donors (Lipinski definition) is 2. The SMILES string of the molecule is CCC1CCN(CC(NC(C)=O)C(=O)O)C1. The van der Waals surface area contributed by atoms with Gasteiger partial charge in [0.25, 0.3) is 0 Å². The van der Waals surface area contributed by atoms with E-state index < -0.39 is 12.0 Å². The average Bonchev–Trinajstić information content (AvgIpc) is 2.63. The van der Waals surface area contributed by atoms with Gasteiger partial charge in [0.05, 0.1) is 0 Å². The maximum Gasteiger partial charge on any atom is 0.327 e. The lowest BCUT2D eigenvalue weighted by Gasteiger charge is -2.21. The van der Waals surface area contributed by atoms with E-state index in [1.54, 1.807) is 0 Å². The zero-order chi connectivity index (χ0) is 12.1. The Bertz CT molecular complexity index is 268. The Morgan fingerprint density at radius 1 is 1.56 bits per heavy atom. The third kappa shape index (κ3) is 3.81. The summed E-state index contributed by atoms with van der Waals surface area (Å²) in [5.41, 5.74) is 0. The highest BCUT2D eigenvalue weighted by Gasteiger charge is 2.26. The van der Waals surface area contributed by atoms with Crippen LogP contribution in [0.2, 0.25) is 0 Å². The van der Waals surface area contributed by atoms with Gasteiger partial charge in [0.2, 0.25) is 5.91 Å². The summed E-state index contributed by atoms with van der Waals surface area (Å²) in [5, 5.41) is 11.4. The van der Waals surface area contributed by atoms with Crippen molar-refractivity contribution in [3.63, 3.8) is 0 Å². The molecule has 1 amide bonds. The molecule has 0 aromatic heterocycles. The van der Waals surface area contributed by atoms with Crippen molar-refractivity contribution in [2.75, 3.05) is 19.6 Å². The summed E-state index contributed by atoms with van der Waals surface area (Å²) < 4.78 is 0. The molecular formula is C11H20N2O3. The number of likely N-dealkylation sites (tertiary alicyclic amines) is 1. The molecule has 1 aliphatic heterocycles. The fraction of sp³-hybridized carbons (Fsp3) is 0.818. The largest absolute Gasteiger partial charge is 0.480 e. The van der Waals surface area contributed by atoms with Gasteiger partial charge in [-0.25, -0.2) is 4.79 Å². The van der Waals surface area contributed by atoms with Crippen LogP contribution >= 0.6 is 0 Å². The van der Waals surface area contributed by atoms with Gasteiger partial charge in [-0.15, -0.1) is 0 Å². The second-order valence-electron chi connectivity index (χ2n) is 4.41. The topological polar surface area (TPSA) is 69.6 Å². The van der Waals surface area contributed by atoms with Crippen molar-refractivity contribution < 1.29 is 14.7 Å². The van der Waals surface area contributed by atoms with Crippen LogP contribution in [0.25, 0.3) is 0 Å². The quantitative estimate of drug-likeness (QED) is 0.710. The van der Waals surface area contributed by atoms with E-state index in [4.69, 9.17) is 5.11 Å². The van der Waals surface area contributed by atoms with E-state index >= 15 is 0 Å². The molecule has 5 nitrogen and oxygen atoms in total. The van der Waals surface area contributed by atoms with Gasteiger partial charge >= 0.3 is 5.97 Å². The van der Waals surface area contributed by atoms with E-state index in [-0.39, 0.29) is 5.91 Å². The molecule has 1 rings (SSSR count). The third-order valence-corrected chi connectivity index (χ3v) is 3.06. The minimum absolute atomic E-state index is 0.293. The summed E-state index contributed by atoms with van der Waals surface area (Å²) in [6, 6.07) is -0.784. The van der Waals surface area contributed by atoms with Crippen LogP contribution in [0.3, 0.4) is 0 Å². The van der Waals surface area contributed by atoms with Crippen molar-refractivity contribution in [2.24, 2.45) is 5.92 Å². The number of aliphatic carboxylic acids is 1. The molecule has 0 spiro atoms. The van der Waals surface area contributed by atoms with Gasteiger partial charge in [-0.05, 0) is 18.9 Å². The predicted molar refractivity (Wildman–Crippen MR) is 60.1 cm³/mol. The molecule has 2 atom stereocenters.